The fourth-order valence-electron chi connectivity index (χ4n) is 1.32. The van der Waals surface area contributed by atoms with Gasteiger partial charge in [0, 0.05) is 20.0 Å². The van der Waals surface area contributed by atoms with Crippen molar-refractivity contribution in [3.63, 3.8) is 0 Å². The lowest BCUT2D eigenvalue weighted by Crippen LogP contribution is -2.42. The largest absolute Gasteiger partial charge is 0.456 e. The summed E-state index contributed by atoms with van der Waals surface area (Å²) in [6.45, 7) is 2.14. The molecule has 1 fully saturated rings. The summed E-state index contributed by atoms with van der Waals surface area (Å²) in [5.74, 6) is -1.14. The second-order valence-corrected chi connectivity index (χ2v) is 3.33. The predicted molar refractivity (Wildman–Crippen MR) is 51.0 cm³/mol. The first-order chi connectivity index (χ1) is 7.09. The summed E-state index contributed by atoms with van der Waals surface area (Å²) in [7, 11) is 0. The van der Waals surface area contributed by atoms with Crippen LogP contribution in [-0.2, 0) is 14.3 Å². The van der Waals surface area contributed by atoms with Gasteiger partial charge in [0.25, 0.3) is 5.91 Å². The Labute approximate surface area is 87.6 Å². The summed E-state index contributed by atoms with van der Waals surface area (Å²) in [6.07, 6.45) is 1.93. The van der Waals surface area contributed by atoms with E-state index in [0.29, 0.717) is 13.1 Å². The SMILES string of the molecule is CC(=O)OCC(=O)NC(=O)N1CCCC1. The van der Waals surface area contributed by atoms with Crippen LogP contribution >= 0.6 is 0 Å². The van der Waals surface area contributed by atoms with Crippen LogP contribution in [0.4, 0.5) is 4.79 Å². The van der Waals surface area contributed by atoms with E-state index >= 15 is 0 Å². The van der Waals surface area contributed by atoms with Gasteiger partial charge in [0.1, 0.15) is 0 Å². The molecule has 1 aliphatic heterocycles. The number of urea groups is 1. The molecule has 1 rings (SSSR count). The predicted octanol–water partition coefficient (Wildman–Crippen LogP) is -0.119. The molecule has 0 aromatic heterocycles. The Kier molecular flexibility index (Phi) is 4.08. The molecule has 0 atom stereocenters. The lowest BCUT2D eigenvalue weighted by Gasteiger charge is -2.14. The van der Waals surface area contributed by atoms with Gasteiger partial charge < -0.3 is 9.64 Å². The number of nitrogens with zero attached hydrogens (tertiary/aromatic N) is 1. The standard InChI is InChI=1S/C9H14N2O4/c1-7(12)15-6-8(13)10-9(14)11-4-2-3-5-11/h2-6H2,1H3,(H,10,13,14). The van der Waals surface area contributed by atoms with E-state index < -0.39 is 24.5 Å². The van der Waals surface area contributed by atoms with Crippen LogP contribution in [0.25, 0.3) is 0 Å². The maximum atomic E-state index is 11.4. The molecule has 15 heavy (non-hydrogen) atoms. The van der Waals surface area contributed by atoms with Gasteiger partial charge in [-0.2, -0.15) is 0 Å². The van der Waals surface area contributed by atoms with Gasteiger partial charge in [-0.1, -0.05) is 0 Å². The number of hydrogen-bond donors (Lipinski definition) is 1. The number of carbonyl (C=O) groups is 3. The zero-order chi connectivity index (χ0) is 11.3. The van der Waals surface area contributed by atoms with Crippen LogP contribution in [0.1, 0.15) is 19.8 Å². The number of likely N-dealkylation sites (tertiary alicyclic amines) is 1. The minimum atomic E-state index is -0.595. The highest BCUT2D eigenvalue weighted by atomic mass is 16.5. The first-order valence-corrected chi connectivity index (χ1v) is 4.81. The van der Waals surface area contributed by atoms with Crippen molar-refractivity contribution in [1.29, 1.82) is 0 Å². The molecular weight excluding hydrogens is 200 g/mol. The molecule has 0 aliphatic carbocycles. The molecule has 6 heteroatoms. The summed E-state index contributed by atoms with van der Waals surface area (Å²) in [5.41, 5.74) is 0. The Morgan fingerprint density at radius 2 is 1.87 bits per heavy atom. The van der Waals surface area contributed by atoms with Crippen molar-refractivity contribution in [3.8, 4) is 0 Å². The van der Waals surface area contributed by atoms with Gasteiger partial charge in [0.2, 0.25) is 0 Å². The van der Waals surface area contributed by atoms with Crippen molar-refractivity contribution in [2.24, 2.45) is 0 Å². The Bertz CT molecular complexity index is 271. The minimum absolute atomic E-state index is 0.408. The van der Waals surface area contributed by atoms with Crippen LogP contribution in [0.2, 0.25) is 0 Å². The van der Waals surface area contributed by atoms with Gasteiger partial charge in [0.05, 0.1) is 0 Å². The number of hydrogen-bond acceptors (Lipinski definition) is 4. The molecule has 0 spiro atoms. The van der Waals surface area contributed by atoms with Gasteiger partial charge in [-0.05, 0) is 12.8 Å². The number of amides is 3. The molecule has 0 aromatic rings. The number of nitrogens with one attached hydrogen (secondary N) is 1. The molecule has 6 nitrogen and oxygen atoms in total. The maximum Gasteiger partial charge on any atom is 0.324 e. The van der Waals surface area contributed by atoms with Crippen LogP contribution in [0, 0.1) is 0 Å². The van der Waals surface area contributed by atoms with Gasteiger partial charge in [-0.3, -0.25) is 14.9 Å². The third kappa shape index (κ3) is 3.97. The summed E-state index contributed by atoms with van der Waals surface area (Å²) in [6, 6.07) is -0.412. The van der Waals surface area contributed by atoms with Gasteiger partial charge >= 0.3 is 12.0 Å². The van der Waals surface area contributed by atoms with Crippen molar-refractivity contribution in [2.75, 3.05) is 19.7 Å². The van der Waals surface area contributed by atoms with Crippen LogP contribution in [0.5, 0.6) is 0 Å². The quantitative estimate of drug-likeness (QED) is 0.650. The first-order valence-electron chi connectivity index (χ1n) is 4.81. The second kappa shape index (κ2) is 5.33. The average molecular weight is 214 g/mol. The minimum Gasteiger partial charge on any atom is -0.456 e. The summed E-state index contributed by atoms with van der Waals surface area (Å²) >= 11 is 0. The Morgan fingerprint density at radius 1 is 1.27 bits per heavy atom. The molecule has 0 bridgehead atoms. The molecule has 1 saturated heterocycles. The molecule has 3 amide bonds. The molecule has 0 saturated carbocycles. The zero-order valence-corrected chi connectivity index (χ0v) is 8.62. The van der Waals surface area contributed by atoms with E-state index in [2.05, 4.69) is 10.1 Å². The molecule has 0 radical (unpaired) electrons. The molecule has 84 valence electrons. The maximum absolute atomic E-state index is 11.4. The Balaban J connectivity index is 2.24. The number of imide groups is 1. The lowest BCUT2D eigenvalue weighted by atomic mass is 10.4. The van der Waals surface area contributed by atoms with Crippen LogP contribution in [-0.4, -0.2) is 42.5 Å². The van der Waals surface area contributed by atoms with Gasteiger partial charge in [0.15, 0.2) is 6.61 Å². The average Bonchev–Trinajstić information content (AvgIpc) is 2.67. The number of carbonyl (C=O) groups excluding carboxylic acids is 3. The van der Waals surface area contributed by atoms with Crippen molar-refractivity contribution in [2.45, 2.75) is 19.8 Å². The normalized spacial score (nSPS) is 14.9. The van der Waals surface area contributed by atoms with Gasteiger partial charge in [-0.25, -0.2) is 4.79 Å². The fourth-order valence-corrected chi connectivity index (χ4v) is 1.32. The van der Waals surface area contributed by atoms with Crippen LogP contribution in [0.3, 0.4) is 0 Å². The van der Waals surface area contributed by atoms with E-state index in [9.17, 15) is 14.4 Å². The van der Waals surface area contributed by atoms with E-state index in [1.54, 1.807) is 4.90 Å². The van der Waals surface area contributed by atoms with E-state index in [1.165, 1.54) is 6.92 Å². The highest BCUT2D eigenvalue weighted by molar-refractivity contribution is 5.95. The smallest absolute Gasteiger partial charge is 0.324 e. The van der Waals surface area contributed by atoms with Crippen molar-refractivity contribution >= 4 is 17.9 Å². The van der Waals surface area contributed by atoms with Gasteiger partial charge in [-0.15, -0.1) is 0 Å². The summed E-state index contributed by atoms with van der Waals surface area (Å²) < 4.78 is 4.45. The molecule has 1 aliphatic rings. The number of esters is 1. The second-order valence-electron chi connectivity index (χ2n) is 3.33. The Hall–Kier alpha value is -1.59. The van der Waals surface area contributed by atoms with Crippen LogP contribution in [0.15, 0.2) is 0 Å². The van der Waals surface area contributed by atoms with E-state index in [1.807, 2.05) is 0 Å². The van der Waals surface area contributed by atoms with Crippen molar-refractivity contribution < 1.29 is 19.1 Å². The summed E-state index contributed by atoms with van der Waals surface area (Å²) in [5, 5.41) is 2.15. The fraction of sp³-hybridized carbons (Fsp3) is 0.667. The number of rotatable bonds is 2. The van der Waals surface area contributed by atoms with E-state index in [4.69, 9.17) is 0 Å². The van der Waals surface area contributed by atoms with Crippen molar-refractivity contribution in [3.05, 3.63) is 0 Å². The molecular formula is C9H14N2O4. The lowest BCUT2D eigenvalue weighted by molar-refractivity contribution is -0.146. The highest BCUT2D eigenvalue weighted by Gasteiger charge is 2.19. The monoisotopic (exact) mass is 214 g/mol. The topological polar surface area (TPSA) is 75.7 Å². The van der Waals surface area contributed by atoms with Crippen LogP contribution < -0.4 is 5.32 Å². The van der Waals surface area contributed by atoms with E-state index in [0.717, 1.165) is 12.8 Å². The molecule has 0 aromatic carbocycles. The summed E-state index contributed by atoms with van der Waals surface area (Å²) in [4.78, 5) is 34.4. The number of ether oxygens (including phenoxy) is 1. The molecule has 0 unspecified atom stereocenters. The third-order valence-electron chi connectivity index (χ3n) is 2.05. The molecule has 1 heterocycles. The first kappa shape index (κ1) is 11.5. The third-order valence-corrected chi connectivity index (χ3v) is 2.05. The highest BCUT2D eigenvalue weighted by Crippen LogP contribution is 2.06. The molecule has 1 N–H and O–H groups in total. The zero-order valence-electron chi connectivity index (χ0n) is 8.62. The van der Waals surface area contributed by atoms with E-state index in [-0.39, 0.29) is 0 Å². The van der Waals surface area contributed by atoms with Crippen molar-refractivity contribution in [1.82, 2.24) is 10.2 Å². The Morgan fingerprint density at radius 3 is 2.40 bits per heavy atom.